The number of nitrogen functional groups attached to an aromatic ring is 1. The first-order chi connectivity index (χ1) is 9.53. The van der Waals surface area contributed by atoms with Crippen LogP contribution in [0.4, 0.5) is 5.69 Å². The van der Waals surface area contributed by atoms with Crippen LogP contribution < -0.4 is 10.5 Å². The number of pyridine rings is 1. The number of benzene rings is 1. The minimum Gasteiger partial charge on any atom is -0.398 e. The summed E-state index contributed by atoms with van der Waals surface area (Å²) < 4.78 is 26.4. The van der Waals surface area contributed by atoms with Gasteiger partial charge >= 0.3 is 0 Å². The maximum absolute atomic E-state index is 12.0. The fraction of sp³-hybridized carbons (Fsp3) is 0.154. The van der Waals surface area contributed by atoms with Gasteiger partial charge in [0.05, 0.1) is 4.90 Å². The van der Waals surface area contributed by atoms with Crippen molar-refractivity contribution in [3.05, 3.63) is 42.6 Å². The van der Waals surface area contributed by atoms with Gasteiger partial charge in [0.15, 0.2) is 0 Å². The van der Waals surface area contributed by atoms with E-state index in [4.69, 9.17) is 5.73 Å². The molecule has 2 aromatic rings. The smallest absolute Gasteiger partial charge is 0.240 e. The minimum atomic E-state index is -3.48. The summed E-state index contributed by atoms with van der Waals surface area (Å²) in [4.78, 5) is 5.06. The number of aromatic nitrogens is 1. The van der Waals surface area contributed by atoms with E-state index >= 15 is 0 Å². The fourth-order valence-corrected chi connectivity index (χ4v) is 3.56. The maximum atomic E-state index is 12.0. The van der Waals surface area contributed by atoms with Crippen LogP contribution in [0, 0.1) is 0 Å². The van der Waals surface area contributed by atoms with E-state index in [2.05, 4.69) is 9.71 Å². The molecule has 0 amide bonds. The molecule has 0 aliphatic heterocycles. The molecule has 0 saturated carbocycles. The first-order valence-electron chi connectivity index (χ1n) is 6.01. The second-order valence-electron chi connectivity index (χ2n) is 3.97. The number of nitrogens with one attached hydrogen (secondary N) is 1. The van der Waals surface area contributed by atoms with Gasteiger partial charge in [0.1, 0.15) is 5.03 Å². The van der Waals surface area contributed by atoms with E-state index in [1.807, 2.05) is 18.2 Å². The predicted octanol–water partition coefficient (Wildman–Crippen LogP) is 2.11. The van der Waals surface area contributed by atoms with E-state index in [0.29, 0.717) is 17.1 Å². The summed E-state index contributed by atoms with van der Waals surface area (Å²) >= 11 is 1.33. The molecule has 106 valence electrons. The normalized spacial score (nSPS) is 11.4. The van der Waals surface area contributed by atoms with Gasteiger partial charge in [-0.3, -0.25) is 0 Å². The highest BCUT2D eigenvalue weighted by molar-refractivity contribution is 7.99. The first kappa shape index (κ1) is 14.8. The average Bonchev–Trinajstić information content (AvgIpc) is 2.42. The van der Waals surface area contributed by atoms with Crippen molar-refractivity contribution in [2.24, 2.45) is 0 Å². The van der Waals surface area contributed by atoms with Gasteiger partial charge in [-0.25, -0.2) is 18.1 Å². The third-order valence-electron chi connectivity index (χ3n) is 2.48. The summed E-state index contributed by atoms with van der Waals surface area (Å²) in [5, 5.41) is 0.761. The van der Waals surface area contributed by atoms with Gasteiger partial charge in [-0.1, -0.05) is 24.8 Å². The van der Waals surface area contributed by atoms with Crippen molar-refractivity contribution < 1.29 is 8.42 Å². The molecule has 0 unspecified atom stereocenters. The summed E-state index contributed by atoms with van der Waals surface area (Å²) in [6.45, 7) is 2.08. The van der Waals surface area contributed by atoms with E-state index in [-0.39, 0.29) is 4.90 Å². The van der Waals surface area contributed by atoms with E-state index in [9.17, 15) is 8.42 Å². The van der Waals surface area contributed by atoms with E-state index in [0.717, 1.165) is 5.03 Å². The molecule has 0 saturated heterocycles. The van der Waals surface area contributed by atoms with Gasteiger partial charge in [-0.15, -0.1) is 0 Å². The van der Waals surface area contributed by atoms with Gasteiger partial charge in [0, 0.05) is 23.3 Å². The second kappa shape index (κ2) is 6.25. The zero-order valence-electron chi connectivity index (χ0n) is 10.9. The molecule has 1 heterocycles. The Bertz CT molecular complexity index is 688. The summed E-state index contributed by atoms with van der Waals surface area (Å²) in [5.41, 5.74) is 6.41. The molecule has 0 aliphatic rings. The average molecular weight is 309 g/mol. The SMILES string of the molecule is CCNS(=O)(=O)c1ccc(N)c(Sc2ccccn2)c1. The molecule has 2 rings (SSSR count). The molecule has 0 atom stereocenters. The van der Waals surface area contributed by atoms with Crippen molar-refractivity contribution >= 4 is 27.5 Å². The minimum absolute atomic E-state index is 0.201. The van der Waals surface area contributed by atoms with Crippen LogP contribution in [0.15, 0.2) is 57.4 Å². The van der Waals surface area contributed by atoms with Crippen molar-refractivity contribution in [3.8, 4) is 0 Å². The fourth-order valence-electron chi connectivity index (χ4n) is 1.56. The van der Waals surface area contributed by atoms with Crippen molar-refractivity contribution in [2.75, 3.05) is 12.3 Å². The van der Waals surface area contributed by atoms with E-state index in [1.165, 1.54) is 17.8 Å². The summed E-state index contributed by atoms with van der Waals surface area (Å²) in [6, 6.07) is 10.2. The lowest BCUT2D eigenvalue weighted by molar-refractivity contribution is 0.583. The molecule has 1 aromatic carbocycles. The molecule has 20 heavy (non-hydrogen) atoms. The Kier molecular flexibility index (Phi) is 4.64. The van der Waals surface area contributed by atoms with Gasteiger partial charge in [-0.05, 0) is 30.3 Å². The summed E-state index contributed by atoms with van der Waals surface area (Å²) in [7, 11) is -3.48. The number of hydrogen-bond donors (Lipinski definition) is 2. The lowest BCUT2D eigenvalue weighted by Crippen LogP contribution is -2.23. The molecule has 0 spiro atoms. The van der Waals surface area contributed by atoms with E-state index < -0.39 is 10.0 Å². The molecule has 0 radical (unpaired) electrons. The molecular weight excluding hydrogens is 294 g/mol. The quantitative estimate of drug-likeness (QED) is 0.826. The molecule has 0 fully saturated rings. The Morgan fingerprint density at radius 2 is 2.10 bits per heavy atom. The Hall–Kier alpha value is -1.57. The lowest BCUT2D eigenvalue weighted by Gasteiger charge is -2.09. The van der Waals surface area contributed by atoms with Gasteiger partial charge in [0.2, 0.25) is 10.0 Å². The van der Waals surface area contributed by atoms with Crippen LogP contribution in [0.3, 0.4) is 0 Å². The Morgan fingerprint density at radius 1 is 1.30 bits per heavy atom. The van der Waals surface area contributed by atoms with Gasteiger partial charge in [0.25, 0.3) is 0 Å². The number of anilines is 1. The van der Waals surface area contributed by atoms with Crippen molar-refractivity contribution in [3.63, 3.8) is 0 Å². The monoisotopic (exact) mass is 309 g/mol. The lowest BCUT2D eigenvalue weighted by atomic mass is 10.3. The van der Waals surface area contributed by atoms with Gasteiger partial charge < -0.3 is 5.73 Å². The molecular formula is C13H15N3O2S2. The third-order valence-corrected chi connectivity index (χ3v) is 5.05. The van der Waals surface area contributed by atoms with Crippen LogP contribution in [-0.4, -0.2) is 19.9 Å². The molecule has 0 aliphatic carbocycles. The number of rotatable bonds is 5. The van der Waals surface area contributed by atoms with Crippen LogP contribution in [0.5, 0.6) is 0 Å². The zero-order chi connectivity index (χ0) is 14.6. The highest BCUT2D eigenvalue weighted by Crippen LogP contribution is 2.32. The predicted molar refractivity (Wildman–Crippen MR) is 80.1 cm³/mol. The van der Waals surface area contributed by atoms with Crippen molar-refractivity contribution in [1.29, 1.82) is 0 Å². The molecule has 7 heteroatoms. The summed E-state index contributed by atoms with van der Waals surface area (Å²) in [6.07, 6.45) is 1.68. The Morgan fingerprint density at radius 3 is 2.75 bits per heavy atom. The third kappa shape index (κ3) is 3.50. The van der Waals surface area contributed by atoms with Crippen LogP contribution in [0.1, 0.15) is 6.92 Å². The Labute approximate surface area is 122 Å². The van der Waals surface area contributed by atoms with Gasteiger partial charge in [-0.2, -0.15) is 0 Å². The van der Waals surface area contributed by atoms with E-state index in [1.54, 1.807) is 25.3 Å². The van der Waals surface area contributed by atoms with Crippen molar-refractivity contribution in [2.45, 2.75) is 21.7 Å². The van der Waals surface area contributed by atoms with Crippen LogP contribution >= 0.6 is 11.8 Å². The largest absolute Gasteiger partial charge is 0.398 e. The van der Waals surface area contributed by atoms with Crippen LogP contribution in [0.2, 0.25) is 0 Å². The number of nitrogens with two attached hydrogens (primary N) is 1. The zero-order valence-corrected chi connectivity index (χ0v) is 12.5. The number of hydrogen-bond acceptors (Lipinski definition) is 5. The standard InChI is InChI=1S/C13H15N3O2S2/c1-2-16-20(17,18)10-6-7-11(14)12(9-10)19-13-5-3-4-8-15-13/h3-9,16H,2,14H2,1H3. The molecule has 1 aromatic heterocycles. The van der Waals surface area contributed by atoms with Crippen LogP contribution in [-0.2, 0) is 10.0 Å². The topological polar surface area (TPSA) is 85.1 Å². The first-order valence-corrected chi connectivity index (χ1v) is 8.31. The number of sulfonamides is 1. The number of nitrogens with zero attached hydrogens (tertiary/aromatic N) is 1. The second-order valence-corrected chi connectivity index (χ2v) is 6.80. The van der Waals surface area contributed by atoms with Crippen LogP contribution in [0.25, 0.3) is 0 Å². The maximum Gasteiger partial charge on any atom is 0.240 e. The summed E-state index contributed by atoms with van der Waals surface area (Å²) in [5.74, 6) is 0. The molecule has 3 N–H and O–H groups in total. The molecule has 5 nitrogen and oxygen atoms in total. The highest BCUT2D eigenvalue weighted by Gasteiger charge is 2.15. The van der Waals surface area contributed by atoms with Crippen molar-refractivity contribution in [1.82, 2.24) is 9.71 Å². The Balaban J connectivity index is 2.35. The highest BCUT2D eigenvalue weighted by atomic mass is 32.2. The molecule has 0 bridgehead atoms.